The van der Waals surface area contributed by atoms with E-state index in [1.54, 1.807) is 0 Å². The minimum Gasteiger partial charge on any atom is -0.276 e. The average molecular weight is 271 g/mol. The molecular formula is C16H27ClO. The first kappa shape index (κ1) is 17.4. The van der Waals surface area contributed by atoms with Crippen LogP contribution in [0.25, 0.3) is 0 Å². The van der Waals surface area contributed by atoms with E-state index in [0.29, 0.717) is 5.92 Å². The highest BCUT2D eigenvalue weighted by Crippen LogP contribution is 2.16. The summed E-state index contributed by atoms with van der Waals surface area (Å²) in [6, 6.07) is 0. The average Bonchev–Trinajstić information content (AvgIpc) is 2.23. The molecule has 1 nitrogen and oxygen atoms in total. The Labute approximate surface area is 117 Å². The molecule has 0 N–H and O–H groups in total. The lowest BCUT2D eigenvalue weighted by atomic mass is 9.97. The van der Waals surface area contributed by atoms with Crippen molar-refractivity contribution in [1.29, 1.82) is 0 Å². The monoisotopic (exact) mass is 270 g/mol. The lowest BCUT2D eigenvalue weighted by Gasteiger charge is -2.09. The van der Waals surface area contributed by atoms with Gasteiger partial charge in [-0.2, -0.15) is 0 Å². The maximum absolute atomic E-state index is 10.6. The van der Waals surface area contributed by atoms with Gasteiger partial charge in [0.15, 0.2) is 0 Å². The zero-order valence-electron chi connectivity index (χ0n) is 12.2. The van der Waals surface area contributed by atoms with Crippen LogP contribution in [0.15, 0.2) is 23.8 Å². The SMILES string of the molecule is CC(/C=C/CC(C)CCCCC(C)C)=C\C(=O)Cl. The number of hydrogen-bond acceptors (Lipinski definition) is 1. The van der Waals surface area contributed by atoms with Crippen molar-refractivity contribution < 1.29 is 4.79 Å². The van der Waals surface area contributed by atoms with Crippen LogP contribution in [-0.2, 0) is 4.79 Å². The highest BCUT2D eigenvalue weighted by molar-refractivity contribution is 6.66. The molecule has 0 bridgehead atoms. The van der Waals surface area contributed by atoms with Crippen molar-refractivity contribution in [2.45, 2.75) is 59.8 Å². The first-order chi connectivity index (χ1) is 8.41. The highest BCUT2D eigenvalue weighted by Gasteiger charge is 2.00. The number of unbranched alkanes of at least 4 members (excludes halogenated alkanes) is 1. The molecule has 1 unspecified atom stereocenters. The molecule has 0 saturated heterocycles. The molecule has 0 aromatic rings. The summed E-state index contributed by atoms with van der Waals surface area (Å²) < 4.78 is 0. The predicted octanol–water partition coefficient (Wildman–Crippen LogP) is 5.50. The molecular weight excluding hydrogens is 244 g/mol. The highest BCUT2D eigenvalue weighted by atomic mass is 35.5. The van der Waals surface area contributed by atoms with Gasteiger partial charge in [-0.15, -0.1) is 0 Å². The largest absolute Gasteiger partial charge is 0.276 e. The molecule has 0 rings (SSSR count). The molecule has 0 amide bonds. The van der Waals surface area contributed by atoms with Gasteiger partial charge in [0.1, 0.15) is 0 Å². The smallest absolute Gasteiger partial charge is 0.245 e. The van der Waals surface area contributed by atoms with Crippen molar-refractivity contribution in [2.24, 2.45) is 11.8 Å². The van der Waals surface area contributed by atoms with Crippen LogP contribution < -0.4 is 0 Å². The zero-order chi connectivity index (χ0) is 14.0. The summed E-state index contributed by atoms with van der Waals surface area (Å²) in [5, 5.41) is -0.404. The van der Waals surface area contributed by atoms with E-state index in [1.165, 1.54) is 31.8 Å². The van der Waals surface area contributed by atoms with Crippen LogP contribution in [0, 0.1) is 11.8 Å². The normalized spacial score (nSPS) is 14.4. The summed E-state index contributed by atoms with van der Waals surface area (Å²) in [5.74, 6) is 1.54. The van der Waals surface area contributed by atoms with E-state index >= 15 is 0 Å². The van der Waals surface area contributed by atoms with Crippen molar-refractivity contribution >= 4 is 16.8 Å². The van der Waals surface area contributed by atoms with Crippen LogP contribution in [0.5, 0.6) is 0 Å². The number of carbonyl (C=O) groups excluding carboxylic acids is 1. The minimum atomic E-state index is -0.404. The van der Waals surface area contributed by atoms with E-state index in [1.807, 2.05) is 13.0 Å². The number of hydrogen-bond donors (Lipinski definition) is 0. The second kappa shape index (κ2) is 10.4. The number of carbonyl (C=O) groups is 1. The molecule has 0 aliphatic carbocycles. The van der Waals surface area contributed by atoms with Gasteiger partial charge in [0.05, 0.1) is 0 Å². The molecule has 1 atom stereocenters. The quantitative estimate of drug-likeness (QED) is 0.234. The van der Waals surface area contributed by atoms with Crippen LogP contribution in [0.2, 0.25) is 0 Å². The standard InChI is InChI=1S/C16H27ClO/c1-13(2)8-5-6-9-14(3)10-7-11-15(4)12-16(17)18/h7,11-14H,5-6,8-10H2,1-4H3/b11-7+,15-12+. The predicted molar refractivity (Wildman–Crippen MR) is 80.8 cm³/mol. The topological polar surface area (TPSA) is 17.1 Å². The Morgan fingerprint density at radius 3 is 2.33 bits per heavy atom. The molecule has 0 aromatic heterocycles. The van der Waals surface area contributed by atoms with Crippen molar-refractivity contribution in [3.63, 3.8) is 0 Å². The van der Waals surface area contributed by atoms with E-state index < -0.39 is 5.24 Å². The maximum Gasteiger partial charge on any atom is 0.245 e. The van der Waals surface area contributed by atoms with Crippen LogP contribution >= 0.6 is 11.6 Å². The molecule has 0 radical (unpaired) electrons. The summed E-state index contributed by atoms with van der Waals surface area (Å²) in [7, 11) is 0. The molecule has 18 heavy (non-hydrogen) atoms. The van der Waals surface area contributed by atoms with Crippen LogP contribution in [0.1, 0.15) is 59.8 Å². The van der Waals surface area contributed by atoms with Crippen molar-refractivity contribution in [2.75, 3.05) is 0 Å². The molecule has 0 aliphatic heterocycles. The molecule has 0 heterocycles. The fourth-order valence-corrected chi connectivity index (χ4v) is 2.05. The Hall–Kier alpha value is -0.560. The van der Waals surface area contributed by atoms with Gasteiger partial charge in [0.2, 0.25) is 5.24 Å². The summed E-state index contributed by atoms with van der Waals surface area (Å²) in [4.78, 5) is 10.6. The number of rotatable bonds is 9. The first-order valence-electron chi connectivity index (χ1n) is 6.96. The fraction of sp³-hybridized carbons (Fsp3) is 0.688. The number of allylic oxidation sites excluding steroid dienone is 4. The molecule has 0 aliphatic rings. The van der Waals surface area contributed by atoms with Gasteiger partial charge < -0.3 is 0 Å². The molecule has 0 aromatic carbocycles. The molecule has 0 saturated carbocycles. The fourth-order valence-electron chi connectivity index (χ4n) is 1.88. The summed E-state index contributed by atoms with van der Waals surface area (Å²) >= 11 is 5.27. The van der Waals surface area contributed by atoms with Crippen molar-refractivity contribution in [3.05, 3.63) is 23.8 Å². The van der Waals surface area contributed by atoms with Gasteiger partial charge in [-0.25, -0.2) is 0 Å². The molecule has 0 spiro atoms. The molecule has 2 heteroatoms. The second-order valence-electron chi connectivity index (χ2n) is 5.61. The Balaban J connectivity index is 3.73. The summed E-state index contributed by atoms with van der Waals surface area (Å²) in [5.41, 5.74) is 0.919. The Kier molecular flexibility index (Phi) is 10.0. The summed E-state index contributed by atoms with van der Waals surface area (Å²) in [6.45, 7) is 8.73. The third-order valence-corrected chi connectivity index (χ3v) is 3.10. The Bertz CT molecular complexity index is 289. The zero-order valence-corrected chi connectivity index (χ0v) is 13.0. The first-order valence-corrected chi connectivity index (χ1v) is 7.34. The van der Waals surface area contributed by atoms with Crippen LogP contribution in [0.4, 0.5) is 0 Å². The third-order valence-electron chi connectivity index (χ3n) is 2.99. The lowest BCUT2D eigenvalue weighted by molar-refractivity contribution is -0.107. The third kappa shape index (κ3) is 11.9. The summed E-state index contributed by atoms with van der Waals surface area (Å²) in [6.07, 6.45) is 11.9. The van der Waals surface area contributed by atoms with E-state index in [0.717, 1.165) is 17.9 Å². The van der Waals surface area contributed by atoms with Gasteiger partial charge >= 0.3 is 0 Å². The van der Waals surface area contributed by atoms with Gasteiger partial charge in [-0.3, -0.25) is 4.79 Å². The Morgan fingerprint density at radius 1 is 1.17 bits per heavy atom. The Morgan fingerprint density at radius 2 is 1.78 bits per heavy atom. The maximum atomic E-state index is 10.6. The van der Waals surface area contributed by atoms with Crippen molar-refractivity contribution in [1.82, 2.24) is 0 Å². The van der Waals surface area contributed by atoms with E-state index in [9.17, 15) is 4.79 Å². The van der Waals surface area contributed by atoms with Gasteiger partial charge in [-0.05, 0) is 42.4 Å². The number of halogens is 1. The van der Waals surface area contributed by atoms with Gasteiger partial charge in [-0.1, -0.05) is 58.6 Å². The van der Waals surface area contributed by atoms with E-state index in [-0.39, 0.29) is 0 Å². The van der Waals surface area contributed by atoms with Gasteiger partial charge in [0, 0.05) is 6.08 Å². The minimum absolute atomic E-state index is 0.404. The molecule has 0 fully saturated rings. The van der Waals surface area contributed by atoms with E-state index in [2.05, 4.69) is 26.8 Å². The lowest BCUT2D eigenvalue weighted by Crippen LogP contribution is -1.94. The van der Waals surface area contributed by atoms with Gasteiger partial charge in [0.25, 0.3) is 0 Å². The molecule has 104 valence electrons. The van der Waals surface area contributed by atoms with Crippen LogP contribution in [0.3, 0.4) is 0 Å². The van der Waals surface area contributed by atoms with Crippen LogP contribution in [-0.4, -0.2) is 5.24 Å². The van der Waals surface area contributed by atoms with Crippen molar-refractivity contribution in [3.8, 4) is 0 Å². The second-order valence-corrected chi connectivity index (χ2v) is 5.99. The van der Waals surface area contributed by atoms with E-state index in [4.69, 9.17) is 11.6 Å².